The molecule has 72 valence electrons. The van der Waals surface area contributed by atoms with Crippen LogP contribution >= 0.6 is 0 Å². The Balaban J connectivity index is 2.51. The van der Waals surface area contributed by atoms with Crippen molar-refractivity contribution in [3.8, 4) is 0 Å². The molecule has 0 aliphatic heterocycles. The highest BCUT2D eigenvalue weighted by Gasteiger charge is 2.04. The van der Waals surface area contributed by atoms with Crippen LogP contribution in [0.5, 0.6) is 0 Å². The summed E-state index contributed by atoms with van der Waals surface area (Å²) in [5.41, 5.74) is 2.32. The molecular weight excluding hydrogens is 176 g/mol. The summed E-state index contributed by atoms with van der Waals surface area (Å²) in [6, 6.07) is 6.09. The first-order valence-corrected chi connectivity index (χ1v) is 4.66. The molecule has 14 heavy (non-hydrogen) atoms. The van der Waals surface area contributed by atoms with Crippen molar-refractivity contribution >= 4 is 17.2 Å². The normalized spacial score (nSPS) is 10.6. The minimum atomic E-state index is 0.574. The lowest BCUT2D eigenvalue weighted by atomic mass is 10.1. The Hall–Kier alpha value is -1.64. The first-order valence-electron chi connectivity index (χ1n) is 4.66. The van der Waals surface area contributed by atoms with Crippen LogP contribution in [0.1, 0.15) is 12.0 Å². The van der Waals surface area contributed by atoms with E-state index in [9.17, 15) is 4.79 Å². The van der Waals surface area contributed by atoms with E-state index in [1.165, 1.54) is 5.56 Å². The number of aldehydes is 1. The van der Waals surface area contributed by atoms with Gasteiger partial charge in [-0.2, -0.15) is 5.10 Å². The average Bonchev–Trinajstić information content (AvgIpc) is 2.58. The fraction of sp³-hybridized carbons (Fsp3) is 0.273. The van der Waals surface area contributed by atoms with Crippen LogP contribution < -0.4 is 0 Å². The Morgan fingerprint density at radius 2 is 2.36 bits per heavy atom. The van der Waals surface area contributed by atoms with Crippen molar-refractivity contribution in [3.05, 3.63) is 30.0 Å². The zero-order chi connectivity index (χ0) is 9.97. The second-order valence-corrected chi connectivity index (χ2v) is 3.33. The average molecular weight is 188 g/mol. The number of carbonyl (C=O) groups is 1. The summed E-state index contributed by atoms with van der Waals surface area (Å²) in [6.45, 7) is 0. The van der Waals surface area contributed by atoms with Crippen molar-refractivity contribution in [3.63, 3.8) is 0 Å². The summed E-state index contributed by atoms with van der Waals surface area (Å²) in [4.78, 5) is 10.3. The molecule has 1 heterocycles. The molecule has 2 aromatic rings. The third-order valence-corrected chi connectivity index (χ3v) is 2.38. The highest BCUT2D eigenvalue weighted by atomic mass is 16.1. The van der Waals surface area contributed by atoms with Gasteiger partial charge in [0.1, 0.15) is 6.29 Å². The molecule has 2 rings (SSSR count). The molecule has 0 atom stereocenters. The van der Waals surface area contributed by atoms with Gasteiger partial charge in [-0.1, -0.05) is 18.2 Å². The zero-order valence-corrected chi connectivity index (χ0v) is 8.10. The fourth-order valence-electron chi connectivity index (χ4n) is 1.73. The van der Waals surface area contributed by atoms with Crippen molar-refractivity contribution in [2.75, 3.05) is 0 Å². The molecule has 0 radical (unpaired) electrons. The number of hydrogen-bond donors (Lipinski definition) is 0. The number of rotatable bonds is 3. The molecule has 1 aromatic heterocycles. The van der Waals surface area contributed by atoms with E-state index in [-0.39, 0.29) is 0 Å². The molecule has 0 spiro atoms. The van der Waals surface area contributed by atoms with E-state index >= 15 is 0 Å². The summed E-state index contributed by atoms with van der Waals surface area (Å²) in [7, 11) is 1.92. The molecule has 0 aliphatic rings. The predicted octanol–water partition coefficient (Wildman–Crippen LogP) is 1.70. The number of fused-ring (bicyclic) bond motifs is 1. The molecule has 0 saturated carbocycles. The monoisotopic (exact) mass is 188 g/mol. The van der Waals surface area contributed by atoms with Crippen molar-refractivity contribution in [2.45, 2.75) is 12.8 Å². The van der Waals surface area contributed by atoms with E-state index in [0.717, 1.165) is 23.6 Å². The first kappa shape index (κ1) is 8.94. The largest absolute Gasteiger partial charge is 0.303 e. The minimum Gasteiger partial charge on any atom is -0.303 e. The lowest BCUT2D eigenvalue weighted by molar-refractivity contribution is -0.107. The van der Waals surface area contributed by atoms with Crippen LogP contribution in [0.3, 0.4) is 0 Å². The number of carbonyl (C=O) groups excluding carboxylic acids is 1. The Bertz CT molecular complexity index is 459. The molecule has 3 nitrogen and oxygen atoms in total. The van der Waals surface area contributed by atoms with Crippen LogP contribution in [0, 0.1) is 0 Å². The van der Waals surface area contributed by atoms with E-state index in [2.05, 4.69) is 5.10 Å². The highest BCUT2D eigenvalue weighted by Crippen LogP contribution is 2.18. The smallest absolute Gasteiger partial charge is 0.120 e. The molecule has 1 aromatic carbocycles. The predicted molar refractivity (Wildman–Crippen MR) is 55.1 cm³/mol. The Morgan fingerprint density at radius 3 is 3.14 bits per heavy atom. The molecule has 0 saturated heterocycles. The number of nitrogens with zero attached hydrogens (tertiary/aromatic N) is 2. The number of aryl methyl sites for hydroxylation is 2. The van der Waals surface area contributed by atoms with Crippen LogP contribution in [0.25, 0.3) is 10.9 Å². The molecule has 3 heteroatoms. The lowest BCUT2D eigenvalue weighted by Gasteiger charge is -2.02. The van der Waals surface area contributed by atoms with Gasteiger partial charge >= 0.3 is 0 Å². The number of hydrogen-bond acceptors (Lipinski definition) is 2. The maximum absolute atomic E-state index is 10.3. The van der Waals surface area contributed by atoms with Gasteiger partial charge in [-0.3, -0.25) is 4.68 Å². The van der Waals surface area contributed by atoms with Crippen molar-refractivity contribution in [2.24, 2.45) is 7.05 Å². The van der Waals surface area contributed by atoms with Gasteiger partial charge in [0.25, 0.3) is 0 Å². The van der Waals surface area contributed by atoms with E-state index < -0.39 is 0 Å². The van der Waals surface area contributed by atoms with Crippen LogP contribution in [-0.4, -0.2) is 16.1 Å². The van der Waals surface area contributed by atoms with Gasteiger partial charge in [-0.15, -0.1) is 0 Å². The van der Waals surface area contributed by atoms with Gasteiger partial charge in [0, 0.05) is 18.9 Å². The van der Waals surface area contributed by atoms with Crippen molar-refractivity contribution in [1.82, 2.24) is 9.78 Å². The van der Waals surface area contributed by atoms with Crippen LogP contribution in [0.2, 0.25) is 0 Å². The first-order chi connectivity index (χ1) is 6.83. The minimum absolute atomic E-state index is 0.574. The molecule has 0 aliphatic carbocycles. The molecule has 0 amide bonds. The van der Waals surface area contributed by atoms with Crippen LogP contribution in [-0.2, 0) is 18.3 Å². The van der Waals surface area contributed by atoms with Crippen molar-refractivity contribution in [1.29, 1.82) is 0 Å². The second-order valence-electron chi connectivity index (χ2n) is 3.33. The maximum atomic E-state index is 10.3. The summed E-state index contributed by atoms with van der Waals surface area (Å²) in [6.07, 6.45) is 4.17. The third-order valence-electron chi connectivity index (χ3n) is 2.38. The molecule has 0 bridgehead atoms. The maximum Gasteiger partial charge on any atom is 0.120 e. The van der Waals surface area contributed by atoms with E-state index in [1.54, 1.807) is 0 Å². The Kier molecular flexibility index (Phi) is 2.31. The van der Waals surface area contributed by atoms with E-state index in [0.29, 0.717) is 6.42 Å². The second kappa shape index (κ2) is 3.62. The molecular formula is C11H12N2O. The van der Waals surface area contributed by atoms with Gasteiger partial charge in [-0.05, 0) is 12.0 Å². The van der Waals surface area contributed by atoms with Crippen LogP contribution in [0.4, 0.5) is 0 Å². The summed E-state index contributed by atoms with van der Waals surface area (Å²) in [5, 5.41) is 5.33. The van der Waals surface area contributed by atoms with E-state index in [1.807, 2.05) is 36.1 Å². The fourth-order valence-corrected chi connectivity index (χ4v) is 1.73. The SMILES string of the molecule is Cn1ncc2cccc(CCC=O)c21. The summed E-state index contributed by atoms with van der Waals surface area (Å²) >= 11 is 0. The van der Waals surface area contributed by atoms with Gasteiger partial charge in [-0.25, -0.2) is 0 Å². The zero-order valence-electron chi connectivity index (χ0n) is 8.10. The molecule has 0 fully saturated rings. The molecule has 0 N–H and O–H groups in total. The number of benzene rings is 1. The van der Waals surface area contributed by atoms with E-state index in [4.69, 9.17) is 0 Å². The third kappa shape index (κ3) is 1.41. The van der Waals surface area contributed by atoms with Crippen LogP contribution in [0.15, 0.2) is 24.4 Å². The topological polar surface area (TPSA) is 34.9 Å². The van der Waals surface area contributed by atoms with Gasteiger partial charge < -0.3 is 4.79 Å². The van der Waals surface area contributed by atoms with Gasteiger partial charge in [0.15, 0.2) is 0 Å². The number of aromatic nitrogens is 2. The Labute approximate surface area is 82.3 Å². The lowest BCUT2D eigenvalue weighted by Crippen LogP contribution is -1.95. The Morgan fingerprint density at radius 1 is 1.50 bits per heavy atom. The van der Waals surface area contributed by atoms with Gasteiger partial charge in [0.05, 0.1) is 11.7 Å². The number of para-hydroxylation sites is 1. The highest BCUT2D eigenvalue weighted by molar-refractivity contribution is 5.82. The summed E-state index contributed by atoms with van der Waals surface area (Å²) < 4.78 is 1.86. The molecule has 0 unspecified atom stereocenters. The quantitative estimate of drug-likeness (QED) is 0.687. The van der Waals surface area contributed by atoms with Gasteiger partial charge in [0.2, 0.25) is 0 Å². The standard InChI is InChI=1S/C11H12N2O/c1-13-11-9(6-3-7-14)4-2-5-10(11)8-12-13/h2,4-5,7-8H,3,6H2,1H3. The van der Waals surface area contributed by atoms with Crippen molar-refractivity contribution < 1.29 is 4.79 Å². The summed E-state index contributed by atoms with van der Waals surface area (Å²) in [5.74, 6) is 0.